The molecule has 0 radical (unpaired) electrons. The molecule has 2 heterocycles. The van der Waals surface area contributed by atoms with Gasteiger partial charge in [-0.05, 0) is 42.0 Å². The first kappa shape index (κ1) is 16.4. The van der Waals surface area contributed by atoms with Crippen molar-refractivity contribution in [2.75, 3.05) is 13.2 Å². The first-order chi connectivity index (χ1) is 11.1. The highest BCUT2D eigenvalue weighted by Crippen LogP contribution is 2.18. The molecule has 0 bridgehead atoms. The molecular formula is C16H19NO4S2. The summed E-state index contributed by atoms with van der Waals surface area (Å²) in [4.78, 5) is 0. The van der Waals surface area contributed by atoms with Crippen molar-refractivity contribution in [2.24, 2.45) is 0 Å². The lowest BCUT2D eigenvalue weighted by atomic mass is 10.2. The molecule has 23 heavy (non-hydrogen) atoms. The highest BCUT2D eigenvalue weighted by atomic mass is 32.2. The average molecular weight is 353 g/mol. The number of hydrogen-bond donors (Lipinski definition) is 1. The van der Waals surface area contributed by atoms with Crippen molar-refractivity contribution in [2.45, 2.75) is 29.7 Å². The molecule has 5 nitrogen and oxygen atoms in total. The molecular weight excluding hydrogens is 334 g/mol. The largest absolute Gasteiger partial charge is 0.491 e. The minimum Gasteiger partial charge on any atom is -0.491 e. The van der Waals surface area contributed by atoms with Crippen LogP contribution in [0.5, 0.6) is 5.75 Å². The van der Waals surface area contributed by atoms with E-state index in [0.29, 0.717) is 10.8 Å². The third-order valence-corrected chi connectivity index (χ3v) is 6.41. The predicted molar refractivity (Wildman–Crippen MR) is 89.3 cm³/mol. The Morgan fingerprint density at radius 2 is 2.09 bits per heavy atom. The molecule has 0 spiro atoms. The molecule has 1 saturated heterocycles. The van der Waals surface area contributed by atoms with Crippen LogP contribution in [-0.2, 0) is 21.3 Å². The van der Waals surface area contributed by atoms with Gasteiger partial charge in [-0.15, -0.1) is 11.3 Å². The van der Waals surface area contributed by atoms with Crippen molar-refractivity contribution in [3.05, 3.63) is 47.3 Å². The summed E-state index contributed by atoms with van der Waals surface area (Å²) in [5, 5.41) is 1.74. The van der Waals surface area contributed by atoms with Gasteiger partial charge in [0.1, 0.15) is 16.6 Å². The third-order valence-electron chi connectivity index (χ3n) is 3.61. The smallest absolute Gasteiger partial charge is 0.250 e. The summed E-state index contributed by atoms with van der Waals surface area (Å²) in [5.74, 6) is 0.769. The number of ether oxygens (including phenoxy) is 2. The van der Waals surface area contributed by atoms with Gasteiger partial charge in [0, 0.05) is 13.2 Å². The SMILES string of the molecule is O=S(=O)(NCc1ccc(OC[C@@H]2CCCO2)cc1)c1cccs1. The Bertz CT molecular complexity index is 705. The summed E-state index contributed by atoms with van der Waals surface area (Å²) >= 11 is 1.20. The fourth-order valence-corrected chi connectivity index (χ4v) is 4.39. The van der Waals surface area contributed by atoms with E-state index in [1.165, 1.54) is 11.3 Å². The van der Waals surface area contributed by atoms with Crippen LogP contribution in [0, 0.1) is 0 Å². The fraction of sp³-hybridized carbons (Fsp3) is 0.375. The summed E-state index contributed by atoms with van der Waals surface area (Å²) < 4.78 is 38.2. The second-order valence-corrected chi connectivity index (χ2v) is 8.29. The maximum absolute atomic E-state index is 12.0. The van der Waals surface area contributed by atoms with Crippen LogP contribution in [-0.4, -0.2) is 27.7 Å². The molecule has 3 rings (SSSR count). The zero-order chi connectivity index (χ0) is 16.1. The van der Waals surface area contributed by atoms with E-state index in [1.807, 2.05) is 24.3 Å². The molecule has 1 aromatic heterocycles. The normalized spacial score (nSPS) is 18.2. The molecule has 1 N–H and O–H groups in total. The van der Waals surface area contributed by atoms with Gasteiger partial charge in [0.15, 0.2) is 0 Å². The van der Waals surface area contributed by atoms with Gasteiger partial charge in [-0.3, -0.25) is 0 Å². The quantitative estimate of drug-likeness (QED) is 0.831. The lowest BCUT2D eigenvalue weighted by Crippen LogP contribution is -2.22. The Kier molecular flexibility index (Phi) is 5.32. The molecule has 0 unspecified atom stereocenters. The van der Waals surface area contributed by atoms with Gasteiger partial charge in [0.05, 0.1) is 6.10 Å². The molecule has 0 saturated carbocycles. The first-order valence-electron chi connectivity index (χ1n) is 7.50. The monoisotopic (exact) mass is 353 g/mol. The second kappa shape index (κ2) is 7.44. The van der Waals surface area contributed by atoms with Crippen LogP contribution in [0.4, 0.5) is 0 Å². The van der Waals surface area contributed by atoms with Crippen LogP contribution < -0.4 is 9.46 Å². The summed E-state index contributed by atoms with van der Waals surface area (Å²) in [6.07, 6.45) is 2.33. The van der Waals surface area contributed by atoms with Crippen molar-refractivity contribution in [3.63, 3.8) is 0 Å². The van der Waals surface area contributed by atoms with Crippen LogP contribution in [0.1, 0.15) is 18.4 Å². The van der Waals surface area contributed by atoms with E-state index >= 15 is 0 Å². The number of nitrogens with one attached hydrogen (secondary N) is 1. The summed E-state index contributed by atoms with van der Waals surface area (Å²) in [5.41, 5.74) is 0.884. The van der Waals surface area contributed by atoms with Gasteiger partial charge in [-0.25, -0.2) is 13.1 Å². The van der Waals surface area contributed by atoms with Gasteiger partial charge < -0.3 is 9.47 Å². The van der Waals surface area contributed by atoms with Gasteiger partial charge >= 0.3 is 0 Å². The molecule has 7 heteroatoms. The van der Waals surface area contributed by atoms with E-state index in [-0.39, 0.29) is 12.6 Å². The van der Waals surface area contributed by atoms with Gasteiger partial charge in [0.2, 0.25) is 10.0 Å². The van der Waals surface area contributed by atoms with E-state index in [9.17, 15) is 8.42 Å². The molecule has 1 atom stereocenters. The van der Waals surface area contributed by atoms with Gasteiger partial charge in [-0.1, -0.05) is 18.2 Å². The lowest BCUT2D eigenvalue weighted by molar-refractivity contribution is 0.0679. The lowest BCUT2D eigenvalue weighted by Gasteiger charge is -2.12. The molecule has 124 valence electrons. The minimum atomic E-state index is -3.43. The van der Waals surface area contributed by atoms with Crippen molar-refractivity contribution in [1.29, 1.82) is 0 Å². The Morgan fingerprint density at radius 3 is 2.74 bits per heavy atom. The second-order valence-electron chi connectivity index (χ2n) is 5.35. The topological polar surface area (TPSA) is 64.6 Å². The summed E-state index contributed by atoms with van der Waals surface area (Å²) in [6.45, 7) is 1.63. The van der Waals surface area contributed by atoms with Gasteiger partial charge in [0.25, 0.3) is 0 Å². The maximum Gasteiger partial charge on any atom is 0.250 e. The number of sulfonamides is 1. The summed E-state index contributed by atoms with van der Waals surface area (Å²) in [6, 6.07) is 10.7. The number of thiophene rings is 1. The molecule has 1 fully saturated rings. The van der Waals surface area contributed by atoms with E-state index in [2.05, 4.69) is 4.72 Å². The standard InChI is InChI=1S/C16H19NO4S2/c18-23(19,16-4-2-10-22-16)17-11-13-5-7-14(8-6-13)21-12-15-3-1-9-20-15/h2,4-8,10,15,17H,1,3,9,11-12H2/t15-/m0/s1. The summed E-state index contributed by atoms with van der Waals surface area (Å²) in [7, 11) is -3.43. The maximum atomic E-state index is 12.0. The number of benzene rings is 1. The zero-order valence-corrected chi connectivity index (χ0v) is 14.2. The highest BCUT2D eigenvalue weighted by Gasteiger charge is 2.16. The molecule has 2 aromatic rings. The van der Waals surface area contributed by atoms with E-state index in [4.69, 9.17) is 9.47 Å². The van der Waals surface area contributed by atoms with E-state index in [1.54, 1.807) is 17.5 Å². The van der Waals surface area contributed by atoms with Crippen LogP contribution in [0.2, 0.25) is 0 Å². The van der Waals surface area contributed by atoms with Crippen molar-refractivity contribution >= 4 is 21.4 Å². The Balaban J connectivity index is 1.51. The fourth-order valence-electron chi connectivity index (χ4n) is 2.33. The van der Waals surface area contributed by atoms with Crippen LogP contribution in [0.15, 0.2) is 46.0 Å². The Hall–Kier alpha value is -1.41. The Morgan fingerprint density at radius 1 is 1.26 bits per heavy atom. The Labute approximate surface area is 140 Å². The van der Waals surface area contributed by atoms with Crippen molar-refractivity contribution in [3.8, 4) is 5.75 Å². The average Bonchev–Trinajstić information content (AvgIpc) is 3.25. The molecule has 1 aliphatic rings. The van der Waals surface area contributed by atoms with Crippen molar-refractivity contribution in [1.82, 2.24) is 4.72 Å². The number of hydrogen-bond acceptors (Lipinski definition) is 5. The molecule has 0 amide bonds. The minimum absolute atomic E-state index is 0.187. The highest BCUT2D eigenvalue weighted by molar-refractivity contribution is 7.91. The van der Waals surface area contributed by atoms with Gasteiger partial charge in [-0.2, -0.15) is 0 Å². The molecule has 0 aliphatic carbocycles. The number of rotatable bonds is 7. The van der Waals surface area contributed by atoms with E-state index in [0.717, 1.165) is 30.8 Å². The predicted octanol–water partition coefficient (Wildman–Crippen LogP) is 2.78. The van der Waals surface area contributed by atoms with Crippen LogP contribution >= 0.6 is 11.3 Å². The van der Waals surface area contributed by atoms with Crippen LogP contribution in [0.3, 0.4) is 0 Å². The first-order valence-corrected chi connectivity index (χ1v) is 9.86. The van der Waals surface area contributed by atoms with Crippen molar-refractivity contribution < 1.29 is 17.9 Å². The van der Waals surface area contributed by atoms with Crippen LogP contribution in [0.25, 0.3) is 0 Å². The van der Waals surface area contributed by atoms with E-state index < -0.39 is 10.0 Å². The third kappa shape index (κ3) is 4.54. The molecule has 1 aromatic carbocycles. The zero-order valence-electron chi connectivity index (χ0n) is 12.6. The molecule has 1 aliphatic heterocycles.